The highest BCUT2D eigenvalue weighted by molar-refractivity contribution is 5.78. The predicted octanol–water partition coefficient (Wildman–Crippen LogP) is 2.30. The standard InChI is InChI=1S/C19H20FN3O3/c1-10-7-12(20)3-4-15(10)26-16-8-14(17(24)18(16)25)23-6-5-13-11(2)21-9-22-19(13)23/h3-7,9,14,16-18,24-25H,8H2,1-2H3/t14?,16-,17?,18?/m1/s1. The lowest BCUT2D eigenvalue weighted by molar-refractivity contribution is -0.0165. The summed E-state index contributed by atoms with van der Waals surface area (Å²) in [5.74, 6) is 0.160. The van der Waals surface area contributed by atoms with Crippen LogP contribution in [0.2, 0.25) is 0 Å². The van der Waals surface area contributed by atoms with Crippen LogP contribution in [0, 0.1) is 19.7 Å². The molecule has 7 heteroatoms. The van der Waals surface area contributed by atoms with Crippen molar-refractivity contribution in [2.75, 3.05) is 0 Å². The van der Waals surface area contributed by atoms with Crippen molar-refractivity contribution in [3.8, 4) is 5.75 Å². The summed E-state index contributed by atoms with van der Waals surface area (Å²) in [4.78, 5) is 8.49. The first-order valence-electron chi connectivity index (χ1n) is 8.53. The summed E-state index contributed by atoms with van der Waals surface area (Å²) in [7, 11) is 0. The number of hydrogen-bond donors (Lipinski definition) is 2. The maximum absolute atomic E-state index is 13.3. The van der Waals surface area contributed by atoms with Gasteiger partial charge in [0.1, 0.15) is 41.9 Å². The molecule has 136 valence electrons. The molecule has 4 rings (SSSR count). The molecular weight excluding hydrogens is 337 g/mol. The van der Waals surface area contributed by atoms with Crippen molar-refractivity contribution >= 4 is 11.0 Å². The van der Waals surface area contributed by atoms with Gasteiger partial charge in [-0.25, -0.2) is 14.4 Å². The molecule has 1 aliphatic rings. The number of ether oxygens (including phenoxy) is 1. The lowest BCUT2D eigenvalue weighted by atomic mass is 10.2. The summed E-state index contributed by atoms with van der Waals surface area (Å²) in [5, 5.41) is 21.9. The van der Waals surface area contributed by atoms with E-state index >= 15 is 0 Å². The van der Waals surface area contributed by atoms with E-state index in [1.165, 1.54) is 18.5 Å². The highest BCUT2D eigenvalue weighted by Crippen LogP contribution is 2.36. The van der Waals surface area contributed by atoms with Crippen LogP contribution in [0.4, 0.5) is 4.39 Å². The SMILES string of the molecule is Cc1cc(F)ccc1O[C@@H]1CC(n2ccc3c(C)ncnc32)C(O)C1O. The summed E-state index contributed by atoms with van der Waals surface area (Å²) in [6.07, 6.45) is 1.10. The molecule has 6 nitrogen and oxygen atoms in total. The van der Waals surface area contributed by atoms with E-state index in [1.807, 2.05) is 23.8 Å². The maximum Gasteiger partial charge on any atom is 0.143 e. The van der Waals surface area contributed by atoms with Gasteiger partial charge >= 0.3 is 0 Å². The molecule has 1 aliphatic carbocycles. The minimum absolute atomic E-state index is 0.339. The molecule has 2 heterocycles. The van der Waals surface area contributed by atoms with Crippen LogP contribution in [-0.2, 0) is 0 Å². The Morgan fingerprint density at radius 2 is 1.96 bits per heavy atom. The van der Waals surface area contributed by atoms with E-state index in [1.54, 1.807) is 13.0 Å². The van der Waals surface area contributed by atoms with Gasteiger partial charge in [-0.15, -0.1) is 0 Å². The molecule has 0 saturated heterocycles. The molecule has 4 atom stereocenters. The van der Waals surface area contributed by atoms with Crippen LogP contribution < -0.4 is 4.74 Å². The monoisotopic (exact) mass is 357 g/mol. The van der Waals surface area contributed by atoms with Crippen molar-refractivity contribution in [1.29, 1.82) is 0 Å². The summed E-state index contributed by atoms with van der Waals surface area (Å²) < 4.78 is 21.0. The van der Waals surface area contributed by atoms with Crippen LogP contribution in [0.3, 0.4) is 0 Å². The van der Waals surface area contributed by atoms with E-state index in [0.717, 1.165) is 11.1 Å². The van der Waals surface area contributed by atoms with Crippen molar-refractivity contribution in [3.63, 3.8) is 0 Å². The molecule has 26 heavy (non-hydrogen) atoms. The van der Waals surface area contributed by atoms with Crippen molar-refractivity contribution in [2.24, 2.45) is 0 Å². The van der Waals surface area contributed by atoms with E-state index < -0.39 is 18.3 Å². The van der Waals surface area contributed by atoms with E-state index in [-0.39, 0.29) is 11.9 Å². The summed E-state index contributed by atoms with van der Waals surface area (Å²) in [6, 6.07) is 5.77. The number of benzene rings is 1. The average molecular weight is 357 g/mol. The quantitative estimate of drug-likeness (QED) is 0.752. The van der Waals surface area contributed by atoms with Crippen molar-refractivity contribution in [3.05, 3.63) is 53.9 Å². The Balaban J connectivity index is 1.62. The Bertz CT molecular complexity index is 958. The number of aliphatic hydroxyl groups excluding tert-OH is 2. The van der Waals surface area contributed by atoms with Crippen molar-refractivity contribution < 1.29 is 19.3 Å². The van der Waals surface area contributed by atoms with Crippen LogP contribution in [0.1, 0.15) is 23.7 Å². The van der Waals surface area contributed by atoms with Crippen molar-refractivity contribution in [2.45, 2.75) is 44.6 Å². The summed E-state index contributed by atoms with van der Waals surface area (Å²) in [6.45, 7) is 3.64. The second kappa shape index (κ2) is 6.34. The molecule has 3 aromatic rings. The predicted molar refractivity (Wildman–Crippen MR) is 93.5 cm³/mol. The maximum atomic E-state index is 13.3. The molecule has 1 saturated carbocycles. The first-order chi connectivity index (χ1) is 12.5. The van der Waals surface area contributed by atoms with Crippen LogP contribution in [-0.4, -0.2) is 43.1 Å². The number of rotatable bonds is 3. The fourth-order valence-electron chi connectivity index (χ4n) is 3.63. The van der Waals surface area contributed by atoms with Gasteiger partial charge < -0.3 is 19.5 Å². The zero-order valence-electron chi connectivity index (χ0n) is 14.5. The fraction of sp³-hybridized carbons (Fsp3) is 0.368. The van der Waals surface area contributed by atoms with Crippen LogP contribution >= 0.6 is 0 Å². The molecule has 2 aromatic heterocycles. The van der Waals surface area contributed by atoms with E-state index in [9.17, 15) is 14.6 Å². The minimum atomic E-state index is -1.05. The largest absolute Gasteiger partial charge is 0.487 e. The molecule has 3 unspecified atom stereocenters. The molecule has 0 bridgehead atoms. The summed E-state index contributed by atoms with van der Waals surface area (Å²) in [5.41, 5.74) is 2.22. The topological polar surface area (TPSA) is 80.4 Å². The van der Waals surface area contributed by atoms with Crippen LogP contribution in [0.15, 0.2) is 36.8 Å². The van der Waals surface area contributed by atoms with Gasteiger partial charge in [0.15, 0.2) is 0 Å². The highest BCUT2D eigenvalue weighted by atomic mass is 19.1. The van der Waals surface area contributed by atoms with Gasteiger partial charge in [0.05, 0.1) is 11.7 Å². The lowest BCUT2D eigenvalue weighted by Gasteiger charge is -2.19. The van der Waals surface area contributed by atoms with Crippen LogP contribution in [0.5, 0.6) is 5.75 Å². The highest BCUT2D eigenvalue weighted by Gasteiger charge is 2.44. The molecule has 0 spiro atoms. The molecule has 1 aromatic carbocycles. The molecule has 1 fully saturated rings. The van der Waals surface area contributed by atoms with Gasteiger partial charge in [0.2, 0.25) is 0 Å². The number of nitrogens with zero attached hydrogens (tertiary/aromatic N) is 3. The third kappa shape index (κ3) is 2.73. The molecule has 2 N–H and O–H groups in total. The number of hydrogen-bond acceptors (Lipinski definition) is 5. The number of fused-ring (bicyclic) bond motifs is 1. The Morgan fingerprint density at radius 3 is 2.73 bits per heavy atom. The molecule has 0 aliphatic heterocycles. The molecule has 0 radical (unpaired) electrons. The van der Waals surface area contributed by atoms with Gasteiger partial charge in [0.25, 0.3) is 0 Å². The molecule has 0 amide bonds. The first kappa shape index (κ1) is 16.9. The zero-order chi connectivity index (χ0) is 18.4. The van der Waals surface area contributed by atoms with E-state index in [0.29, 0.717) is 23.4 Å². The third-order valence-corrected chi connectivity index (χ3v) is 5.08. The number of halogens is 1. The third-order valence-electron chi connectivity index (χ3n) is 5.08. The second-order valence-corrected chi connectivity index (χ2v) is 6.77. The number of aromatic nitrogens is 3. The molecular formula is C19H20FN3O3. The first-order valence-corrected chi connectivity index (χ1v) is 8.53. The summed E-state index contributed by atoms with van der Waals surface area (Å²) >= 11 is 0. The second-order valence-electron chi connectivity index (χ2n) is 6.77. The van der Waals surface area contributed by atoms with Crippen LogP contribution in [0.25, 0.3) is 11.0 Å². The Kier molecular flexibility index (Phi) is 4.13. The van der Waals surface area contributed by atoms with Gasteiger partial charge in [0, 0.05) is 18.0 Å². The lowest BCUT2D eigenvalue weighted by Crippen LogP contribution is -2.34. The smallest absolute Gasteiger partial charge is 0.143 e. The van der Waals surface area contributed by atoms with Crippen molar-refractivity contribution in [1.82, 2.24) is 14.5 Å². The zero-order valence-corrected chi connectivity index (χ0v) is 14.5. The Morgan fingerprint density at radius 1 is 1.15 bits per heavy atom. The van der Waals surface area contributed by atoms with Gasteiger partial charge in [-0.05, 0) is 43.7 Å². The number of aryl methyl sites for hydroxylation is 2. The average Bonchev–Trinajstić information content (AvgIpc) is 3.15. The Hall–Kier alpha value is -2.51. The fourth-order valence-corrected chi connectivity index (χ4v) is 3.63. The van der Waals surface area contributed by atoms with E-state index in [4.69, 9.17) is 4.74 Å². The Labute approximate surface area is 149 Å². The van der Waals surface area contributed by atoms with Gasteiger partial charge in [-0.3, -0.25) is 0 Å². The van der Waals surface area contributed by atoms with Gasteiger partial charge in [-0.2, -0.15) is 0 Å². The van der Waals surface area contributed by atoms with Gasteiger partial charge in [-0.1, -0.05) is 0 Å². The minimum Gasteiger partial charge on any atom is -0.487 e. The normalized spacial score (nSPS) is 25.7. The van der Waals surface area contributed by atoms with E-state index in [2.05, 4.69) is 9.97 Å². The number of aliphatic hydroxyl groups is 2.